The van der Waals surface area contributed by atoms with Crippen LogP contribution in [0, 0.1) is 0 Å². The van der Waals surface area contributed by atoms with Crippen molar-refractivity contribution in [1.29, 1.82) is 0 Å². The Morgan fingerprint density at radius 3 is 1.33 bits per heavy atom. The van der Waals surface area contributed by atoms with Crippen LogP contribution < -0.4 is 9.47 Å². The minimum atomic E-state index is -0.232. The second-order valence-corrected chi connectivity index (χ2v) is 19.4. The van der Waals surface area contributed by atoms with E-state index < -0.39 is 0 Å². The largest absolute Gasteiger partial charge is 0.456 e. The van der Waals surface area contributed by atoms with Gasteiger partial charge in [-0.05, 0) is 97.1 Å². The zero-order valence-corrected chi connectivity index (χ0v) is 36.3. The predicted molar refractivity (Wildman–Crippen MR) is 260 cm³/mol. The quantitative estimate of drug-likeness (QED) is 0.165. The minimum absolute atomic E-state index is 0.0110. The van der Waals surface area contributed by atoms with Crippen LogP contribution in [0.1, 0.15) is 86.8 Å². The smallest absolute Gasteiger partial charge is 0.139 e. The SMILES string of the molecule is CC1(C)c2ccccc2Oc2c(-c3cccc4c(-c5cccc6c5C5(CCCC5)c5ccccc5-6)c5cccc(-c6cccc7c6Oc6ccccc6C7(C)C)c5cc34)cccc21. The molecule has 2 heterocycles. The first-order valence-electron chi connectivity index (χ1n) is 22.8. The fraction of sp³-hybridized carbons (Fsp3) is 0.180. The first kappa shape index (κ1) is 36.7. The summed E-state index contributed by atoms with van der Waals surface area (Å²) in [7, 11) is 0. The Hall–Kier alpha value is -6.90. The third-order valence-electron chi connectivity index (χ3n) is 15.5. The zero-order chi connectivity index (χ0) is 42.2. The van der Waals surface area contributed by atoms with Crippen molar-refractivity contribution in [3.63, 3.8) is 0 Å². The van der Waals surface area contributed by atoms with Crippen molar-refractivity contribution in [2.24, 2.45) is 0 Å². The molecular weight excluding hydrogens is 765 g/mol. The van der Waals surface area contributed by atoms with Crippen LogP contribution in [0.3, 0.4) is 0 Å². The highest BCUT2D eigenvalue weighted by molar-refractivity contribution is 6.20. The minimum Gasteiger partial charge on any atom is -0.456 e. The molecule has 2 aliphatic carbocycles. The van der Waals surface area contributed by atoms with Crippen molar-refractivity contribution < 1.29 is 9.47 Å². The van der Waals surface area contributed by atoms with Crippen LogP contribution in [0.5, 0.6) is 23.0 Å². The molecule has 2 heteroatoms. The maximum atomic E-state index is 7.00. The van der Waals surface area contributed by atoms with E-state index in [1.807, 2.05) is 0 Å². The molecule has 0 N–H and O–H groups in total. The maximum absolute atomic E-state index is 7.00. The number of hydrogen-bond acceptors (Lipinski definition) is 2. The molecule has 13 rings (SSSR count). The summed E-state index contributed by atoms with van der Waals surface area (Å²) in [4.78, 5) is 0. The van der Waals surface area contributed by atoms with Crippen LogP contribution in [0.15, 0.2) is 170 Å². The molecule has 0 radical (unpaired) electrons. The molecule has 1 fully saturated rings. The van der Waals surface area contributed by atoms with E-state index in [-0.39, 0.29) is 16.2 Å². The van der Waals surface area contributed by atoms with Crippen LogP contribution in [-0.2, 0) is 16.2 Å². The molecule has 1 spiro atoms. The van der Waals surface area contributed by atoms with Gasteiger partial charge in [-0.2, -0.15) is 0 Å². The topological polar surface area (TPSA) is 18.5 Å². The summed E-state index contributed by atoms with van der Waals surface area (Å²) in [6, 6.07) is 63.3. The summed E-state index contributed by atoms with van der Waals surface area (Å²) < 4.78 is 14.0. The van der Waals surface area contributed by atoms with E-state index in [4.69, 9.17) is 9.47 Å². The average Bonchev–Trinajstić information content (AvgIpc) is 3.91. The highest BCUT2D eigenvalue weighted by Crippen LogP contribution is 2.61. The van der Waals surface area contributed by atoms with Gasteiger partial charge in [0.15, 0.2) is 0 Å². The third-order valence-corrected chi connectivity index (χ3v) is 15.5. The van der Waals surface area contributed by atoms with Gasteiger partial charge in [-0.1, -0.05) is 192 Å². The first-order valence-corrected chi connectivity index (χ1v) is 22.8. The number of benzene rings is 9. The molecule has 0 unspecified atom stereocenters. The summed E-state index contributed by atoms with van der Waals surface area (Å²) in [5, 5.41) is 4.94. The van der Waals surface area contributed by atoms with Gasteiger partial charge >= 0.3 is 0 Å². The number of fused-ring (bicyclic) bond motifs is 11. The number of para-hydroxylation sites is 4. The van der Waals surface area contributed by atoms with Gasteiger partial charge in [-0.15, -0.1) is 0 Å². The van der Waals surface area contributed by atoms with Crippen molar-refractivity contribution in [3.05, 3.63) is 203 Å². The summed E-state index contributed by atoms with van der Waals surface area (Å²) in [6.07, 6.45) is 4.82. The Kier molecular flexibility index (Phi) is 7.62. The number of rotatable bonds is 3. The fourth-order valence-corrected chi connectivity index (χ4v) is 12.6. The van der Waals surface area contributed by atoms with E-state index in [9.17, 15) is 0 Å². The van der Waals surface area contributed by atoms with Crippen molar-refractivity contribution in [3.8, 4) is 67.5 Å². The molecule has 4 aliphatic rings. The lowest BCUT2D eigenvalue weighted by Gasteiger charge is -2.35. The van der Waals surface area contributed by atoms with E-state index in [1.54, 1.807) is 0 Å². The Morgan fingerprint density at radius 2 is 0.762 bits per heavy atom. The van der Waals surface area contributed by atoms with Crippen molar-refractivity contribution in [2.45, 2.75) is 69.6 Å². The van der Waals surface area contributed by atoms with Gasteiger partial charge < -0.3 is 9.47 Å². The number of ether oxygens (including phenoxy) is 2. The van der Waals surface area contributed by atoms with Gasteiger partial charge in [0.2, 0.25) is 0 Å². The molecule has 63 heavy (non-hydrogen) atoms. The van der Waals surface area contributed by atoms with Gasteiger partial charge in [-0.25, -0.2) is 0 Å². The van der Waals surface area contributed by atoms with Gasteiger partial charge in [-0.3, -0.25) is 0 Å². The first-order chi connectivity index (χ1) is 30.8. The van der Waals surface area contributed by atoms with Crippen molar-refractivity contribution in [1.82, 2.24) is 0 Å². The van der Waals surface area contributed by atoms with Crippen LogP contribution in [0.4, 0.5) is 0 Å². The molecule has 0 aromatic heterocycles. The summed E-state index contributed by atoms with van der Waals surface area (Å²) in [5.41, 5.74) is 17.4. The molecule has 9 aromatic rings. The molecule has 0 atom stereocenters. The second-order valence-electron chi connectivity index (χ2n) is 19.4. The van der Waals surface area contributed by atoms with Crippen LogP contribution >= 0.6 is 0 Å². The van der Waals surface area contributed by atoms with E-state index in [0.717, 1.165) is 34.1 Å². The zero-order valence-electron chi connectivity index (χ0n) is 36.3. The molecule has 0 bridgehead atoms. The molecule has 1 saturated carbocycles. The molecule has 304 valence electrons. The van der Waals surface area contributed by atoms with Gasteiger partial charge in [0.1, 0.15) is 23.0 Å². The van der Waals surface area contributed by atoms with Gasteiger partial charge in [0, 0.05) is 49.6 Å². The van der Waals surface area contributed by atoms with Crippen LogP contribution in [-0.4, -0.2) is 0 Å². The Labute approximate surface area is 369 Å². The van der Waals surface area contributed by atoms with E-state index in [1.165, 1.54) is 114 Å². The molecule has 9 aromatic carbocycles. The van der Waals surface area contributed by atoms with Gasteiger partial charge in [0.25, 0.3) is 0 Å². The number of hydrogen-bond donors (Lipinski definition) is 0. The van der Waals surface area contributed by atoms with Gasteiger partial charge in [0.05, 0.1) is 0 Å². The second kappa shape index (κ2) is 13.1. The highest BCUT2D eigenvalue weighted by atomic mass is 16.5. The monoisotopic (exact) mass is 812 g/mol. The Balaban J connectivity index is 1.14. The molecule has 0 amide bonds. The lowest BCUT2D eigenvalue weighted by molar-refractivity contribution is 0.419. The molecule has 0 saturated heterocycles. The van der Waals surface area contributed by atoms with E-state index >= 15 is 0 Å². The third kappa shape index (κ3) is 4.95. The average molecular weight is 813 g/mol. The van der Waals surface area contributed by atoms with Crippen molar-refractivity contribution in [2.75, 3.05) is 0 Å². The molecule has 2 nitrogen and oxygen atoms in total. The summed E-state index contributed by atoms with van der Waals surface area (Å²) in [6.45, 7) is 9.31. The normalized spacial score (nSPS) is 16.6. The molecule has 2 aliphatic heterocycles. The van der Waals surface area contributed by atoms with Crippen molar-refractivity contribution >= 4 is 21.5 Å². The lowest BCUT2D eigenvalue weighted by Crippen LogP contribution is -2.24. The van der Waals surface area contributed by atoms with Crippen LogP contribution in [0.25, 0.3) is 66.1 Å². The van der Waals surface area contributed by atoms with E-state index in [0.29, 0.717) is 0 Å². The highest BCUT2D eigenvalue weighted by Gasteiger charge is 2.47. The standard InChI is InChI=1S/C61H48O2/c1-59(2)49-28-7-9-32-53(49)62-57-43(24-16-30-51(57)59)37-19-13-21-40-46(37)36-47-38(44-25-17-31-52-58(44)63-54-33-10-8-29-50(54)60(52,3)4)20-14-22-41(47)55(40)45-26-15-23-42-39-18-5-6-27-48(39)61(56(42)45)34-11-12-35-61/h5-10,13-33,36H,11-12,34-35H2,1-4H3. The van der Waals surface area contributed by atoms with E-state index in [2.05, 4.69) is 198 Å². The summed E-state index contributed by atoms with van der Waals surface area (Å²) >= 11 is 0. The molecular formula is C61H48O2. The maximum Gasteiger partial charge on any atom is 0.139 e. The Morgan fingerprint density at radius 1 is 0.349 bits per heavy atom. The summed E-state index contributed by atoms with van der Waals surface area (Å²) in [5.74, 6) is 3.73. The predicted octanol–water partition coefficient (Wildman–Crippen LogP) is 16.7. The van der Waals surface area contributed by atoms with Crippen LogP contribution in [0.2, 0.25) is 0 Å². The fourth-order valence-electron chi connectivity index (χ4n) is 12.6. The Bertz CT molecular complexity index is 3240. The lowest BCUT2D eigenvalue weighted by atomic mass is 9.72.